The summed E-state index contributed by atoms with van der Waals surface area (Å²) in [6.07, 6.45) is 2.26. The molecule has 1 heterocycles. The third-order valence-corrected chi connectivity index (χ3v) is 4.22. The molecule has 1 nitrogen and oxygen atoms in total. The van der Waals surface area contributed by atoms with E-state index in [1.807, 2.05) is 17.8 Å². The number of benzene rings is 1. The first kappa shape index (κ1) is 12.8. The van der Waals surface area contributed by atoms with E-state index in [1.54, 1.807) is 0 Å². The number of hydrogen-bond acceptors (Lipinski definition) is 1. The lowest BCUT2D eigenvalue weighted by Gasteiger charge is -2.03. The molecule has 0 spiro atoms. The molecule has 3 heteroatoms. The fourth-order valence-corrected chi connectivity index (χ4v) is 2.88. The first-order valence-corrected chi connectivity index (χ1v) is 7.43. The van der Waals surface area contributed by atoms with Crippen molar-refractivity contribution >= 4 is 34.3 Å². The van der Waals surface area contributed by atoms with E-state index < -0.39 is 0 Å². The van der Waals surface area contributed by atoms with Gasteiger partial charge in [-0.3, -0.25) is 0 Å². The fourth-order valence-electron chi connectivity index (χ4n) is 1.97. The van der Waals surface area contributed by atoms with Crippen LogP contribution in [0, 0.1) is 0 Å². The van der Waals surface area contributed by atoms with Gasteiger partial charge in [0.05, 0.1) is 0 Å². The summed E-state index contributed by atoms with van der Waals surface area (Å²) in [5.74, 6) is 1.07. The highest BCUT2D eigenvalue weighted by molar-refractivity contribution is 7.99. The molecule has 0 saturated heterocycles. The Labute approximate surface area is 112 Å². The summed E-state index contributed by atoms with van der Waals surface area (Å²) in [7, 11) is 0. The van der Waals surface area contributed by atoms with Gasteiger partial charge in [0.1, 0.15) is 0 Å². The quantitative estimate of drug-likeness (QED) is 0.758. The van der Waals surface area contributed by atoms with Crippen LogP contribution < -0.4 is 0 Å². The van der Waals surface area contributed by atoms with Crippen LogP contribution in [0.4, 0.5) is 0 Å². The van der Waals surface area contributed by atoms with Gasteiger partial charge in [-0.2, -0.15) is 11.8 Å². The van der Waals surface area contributed by atoms with Crippen molar-refractivity contribution in [2.75, 3.05) is 0 Å². The molecule has 0 aliphatic heterocycles. The molecule has 1 aromatic heterocycles. The summed E-state index contributed by atoms with van der Waals surface area (Å²) in [4.78, 5) is 0. The molecule has 0 fully saturated rings. The number of thioether (sulfide) groups is 1. The first-order valence-electron chi connectivity index (χ1n) is 6.00. The van der Waals surface area contributed by atoms with Gasteiger partial charge >= 0.3 is 0 Å². The highest BCUT2D eigenvalue weighted by atomic mass is 35.5. The Morgan fingerprint density at radius 1 is 1.35 bits per heavy atom. The lowest BCUT2D eigenvalue weighted by Crippen LogP contribution is -1.90. The van der Waals surface area contributed by atoms with E-state index >= 15 is 0 Å². The molecule has 0 radical (unpaired) electrons. The summed E-state index contributed by atoms with van der Waals surface area (Å²) < 4.78 is 2.28. The maximum Gasteiger partial charge on any atom is 0.0498 e. The maximum atomic E-state index is 6.07. The molecule has 1 aromatic carbocycles. The average molecular weight is 268 g/mol. The molecular formula is C14H18ClNS. The number of rotatable bonds is 4. The number of aromatic nitrogens is 1. The van der Waals surface area contributed by atoms with E-state index in [1.165, 1.54) is 16.5 Å². The Morgan fingerprint density at radius 3 is 2.76 bits per heavy atom. The van der Waals surface area contributed by atoms with Crippen LogP contribution in [0.5, 0.6) is 0 Å². The van der Waals surface area contributed by atoms with Crippen molar-refractivity contribution < 1.29 is 0 Å². The zero-order valence-electron chi connectivity index (χ0n) is 10.5. The number of halogens is 1. The van der Waals surface area contributed by atoms with Crippen LogP contribution in [0.3, 0.4) is 0 Å². The smallest absolute Gasteiger partial charge is 0.0498 e. The molecule has 0 atom stereocenters. The molecular weight excluding hydrogens is 250 g/mol. The van der Waals surface area contributed by atoms with E-state index in [4.69, 9.17) is 11.6 Å². The highest BCUT2D eigenvalue weighted by Gasteiger charge is 2.08. The van der Waals surface area contributed by atoms with E-state index in [2.05, 4.69) is 43.7 Å². The van der Waals surface area contributed by atoms with Crippen LogP contribution in [-0.2, 0) is 12.3 Å². The zero-order valence-corrected chi connectivity index (χ0v) is 12.1. The van der Waals surface area contributed by atoms with Crippen LogP contribution >= 0.6 is 23.4 Å². The summed E-state index contributed by atoms with van der Waals surface area (Å²) in [5.41, 5.74) is 2.66. The Balaban J connectivity index is 2.42. The normalized spacial score (nSPS) is 11.6. The van der Waals surface area contributed by atoms with Crippen molar-refractivity contribution in [3.05, 3.63) is 35.0 Å². The molecule has 0 aliphatic carbocycles. The molecule has 0 amide bonds. The van der Waals surface area contributed by atoms with Crippen molar-refractivity contribution in [1.29, 1.82) is 0 Å². The van der Waals surface area contributed by atoms with Crippen LogP contribution in [0.15, 0.2) is 24.4 Å². The molecule has 2 aromatic rings. The minimum absolute atomic E-state index is 0.669. The Hall–Kier alpha value is -0.600. The van der Waals surface area contributed by atoms with Gasteiger partial charge in [0.2, 0.25) is 0 Å². The SMILES string of the molecule is CCn1cc(CSC(C)C)c2ccc(Cl)cc21. The second kappa shape index (κ2) is 5.36. The predicted octanol–water partition coefficient (Wildman–Crippen LogP) is 4.96. The maximum absolute atomic E-state index is 6.07. The van der Waals surface area contributed by atoms with Gasteiger partial charge in [-0.25, -0.2) is 0 Å². The second-order valence-corrected chi connectivity index (χ2v) is 6.46. The van der Waals surface area contributed by atoms with Gasteiger partial charge in [0, 0.05) is 34.4 Å². The summed E-state index contributed by atoms with van der Waals surface area (Å²) in [5, 5.41) is 2.82. The Bertz CT molecular complexity index is 516. The van der Waals surface area contributed by atoms with Crippen LogP contribution in [0.25, 0.3) is 10.9 Å². The molecule has 2 rings (SSSR count). The second-order valence-electron chi connectivity index (χ2n) is 4.46. The van der Waals surface area contributed by atoms with E-state index in [9.17, 15) is 0 Å². The summed E-state index contributed by atoms with van der Waals surface area (Å²) >= 11 is 8.05. The standard InChI is InChI=1S/C14H18ClNS/c1-4-16-8-11(9-17-10(2)3)13-6-5-12(15)7-14(13)16/h5-8,10H,4,9H2,1-3H3. The molecule has 92 valence electrons. The largest absolute Gasteiger partial charge is 0.347 e. The molecule has 0 saturated carbocycles. The van der Waals surface area contributed by atoms with Gasteiger partial charge in [0.15, 0.2) is 0 Å². The molecule has 17 heavy (non-hydrogen) atoms. The van der Waals surface area contributed by atoms with Crippen molar-refractivity contribution in [3.8, 4) is 0 Å². The van der Waals surface area contributed by atoms with E-state index in [0.717, 1.165) is 17.3 Å². The van der Waals surface area contributed by atoms with Gasteiger partial charge in [0.25, 0.3) is 0 Å². The number of nitrogens with zero attached hydrogens (tertiary/aromatic N) is 1. The average Bonchev–Trinajstić information content (AvgIpc) is 2.63. The summed E-state index contributed by atoms with van der Waals surface area (Å²) in [6.45, 7) is 7.63. The Morgan fingerprint density at radius 2 is 2.12 bits per heavy atom. The third-order valence-electron chi connectivity index (χ3n) is 2.84. The summed E-state index contributed by atoms with van der Waals surface area (Å²) in [6, 6.07) is 6.18. The van der Waals surface area contributed by atoms with Gasteiger partial charge in [-0.05, 0) is 29.9 Å². The van der Waals surface area contributed by atoms with Crippen molar-refractivity contribution in [1.82, 2.24) is 4.57 Å². The van der Waals surface area contributed by atoms with Crippen LogP contribution in [-0.4, -0.2) is 9.82 Å². The van der Waals surface area contributed by atoms with Crippen LogP contribution in [0.1, 0.15) is 26.3 Å². The molecule has 0 N–H and O–H groups in total. The van der Waals surface area contributed by atoms with E-state index in [-0.39, 0.29) is 0 Å². The van der Waals surface area contributed by atoms with E-state index in [0.29, 0.717) is 5.25 Å². The van der Waals surface area contributed by atoms with Crippen molar-refractivity contribution in [3.63, 3.8) is 0 Å². The molecule has 0 aliphatic rings. The first-order chi connectivity index (χ1) is 8.11. The lowest BCUT2D eigenvalue weighted by molar-refractivity contribution is 0.795. The minimum Gasteiger partial charge on any atom is -0.347 e. The molecule has 0 bridgehead atoms. The van der Waals surface area contributed by atoms with Gasteiger partial charge in [-0.15, -0.1) is 0 Å². The highest BCUT2D eigenvalue weighted by Crippen LogP contribution is 2.28. The fraction of sp³-hybridized carbons (Fsp3) is 0.429. The predicted molar refractivity (Wildman–Crippen MR) is 79.1 cm³/mol. The number of hydrogen-bond donors (Lipinski definition) is 0. The van der Waals surface area contributed by atoms with Crippen molar-refractivity contribution in [2.45, 2.75) is 38.3 Å². The zero-order chi connectivity index (χ0) is 12.4. The Kier molecular flexibility index (Phi) is 4.05. The van der Waals surface area contributed by atoms with Gasteiger partial charge < -0.3 is 4.57 Å². The number of aryl methyl sites for hydroxylation is 1. The van der Waals surface area contributed by atoms with Gasteiger partial charge in [-0.1, -0.05) is 31.5 Å². The number of fused-ring (bicyclic) bond motifs is 1. The topological polar surface area (TPSA) is 4.93 Å². The molecule has 0 unspecified atom stereocenters. The minimum atomic E-state index is 0.669. The monoisotopic (exact) mass is 267 g/mol. The van der Waals surface area contributed by atoms with Crippen molar-refractivity contribution in [2.24, 2.45) is 0 Å². The lowest BCUT2D eigenvalue weighted by atomic mass is 10.2. The third kappa shape index (κ3) is 2.80. The van der Waals surface area contributed by atoms with Crippen LogP contribution in [0.2, 0.25) is 5.02 Å².